The molecule has 2 aromatic carbocycles. The van der Waals surface area contributed by atoms with Crippen molar-refractivity contribution in [3.8, 4) is 0 Å². The predicted octanol–water partition coefficient (Wildman–Crippen LogP) is 2.90. The third-order valence-corrected chi connectivity index (χ3v) is 5.19. The molecule has 0 aromatic heterocycles. The summed E-state index contributed by atoms with van der Waals surface area (Å²) in [4.78, 5) is 0. The summed E-state index contributed by atoms with van der Waals surface area (Å²) in [6, 6.07) is 15.5. The van der Waals surface area contributed by atoms with Gasteiger partial charge >= 0.3 is 0 Å². The molecule has 4 nitrogen and oxygen atoms in total. The second kappa shape index (κ2) is 6.39. The molecule has 0 spiro atoms. The number of halogens is 1. The molecule has 2 atom stereocenters. The topological polar surface area (TPSA) is 46.6 Å². The molecule has 6 heteroatoms. The standard InChI is InChI=1S/C17H18FNO3S/c1-23(20,21)19-11-16(13-5-3-2-4-6-13)22-17(12-19)14-7-9-15(18)10-8-14/h2-10,16-17H,11-12H2,1H3/t16-,17+/m1/s1. The van der Waals surface area contributed by atoms with Crippen LogP contribution in [0.4, 0.5) is 4.39 Å². The summed E-state index contributed by atoms with van der Waals surface area (Å²) in [5.74, 6) is -0.330. The minimum Gasteiger partial charge on any atom is -0.363 e. The summed E-state index contributed by atoms with van der Waals surface area (Å²) in [6.45, 7) is 0.508. The Balaban J connectivity index is 1.92. The number of sulfonamides is 1. The quantitative estimate of drug-likeness (QED) is 0.866. The van der Waals surface area contributed by atoms with E-state index in [4.69, 9.17) is 4.74 Å². The summed E-state index contributed by atoms with van der Waals surface area (Å²) < 4.78 is 44.6. The summed E-state index contributed by atoms with van der Waals surface area (Å²) in [5, 5.41) is 0. The van der Waals surface area contributed by atoms with E-state index in [0.717, 1.165) is 11.1 Å². The van der Waals surface area contributed by atoms with Gasteiger partial charge in [0.25, 0.3) is 0 Å². The maximum absolute atomic E-state index is 13.1. The van der Waals surface area contributed by atoms with Crippen LogP contribution in [0, 0.1) is 5.82 Å². The maximum Gasteiger partial charge on any atom is 0.211 e. The molecule has 1 aliphatic heterocycles. The van der Waals surface area contributed by atoms with Crippen LogP contribution in [0.25, 0.3) is 0 Å². The van der Waals surface area contributed by atoms with Crippen LogP contribution in [0.1, 0.15) is 23.3 Å². The summed E-state index contributed by atoms with van der Waals surface area (Å²) in [5.41, 5.74) is 1.69. The van der Waals surface area contributed by atoms with Crippen LogP contribution in [-0.2, 0) is 14.8 Å². The van der Waals surface area contributed by atoms with Crippen LogP contribution in [0.5, 0.6) is 0 Å². The first kappa shape index (κ1) is 16.1. The maximum atomic E-state index is 13.1. The monoisotopic (exact) mass is 335 g/mol. The van der Waals surface area contributed by atoms with E-state index in [-0.39, 0.29) is 25.0 Å². The van der Waals surface area contributed by atoms with Gasteiger partial charge in [-0.1, -0.05) is 42.5 Å². The first-order valence-electron chi connectivity index (χ1n) is 7.34. The van der Waals surface area contributed by atoms with E-state index >= 15 is 0 Å². The van der Waals surface area contributed by atoms with Crippen molar-refractivity contribution < 1.29 is 17.5 Å². The highest BCUT2D eigenvalue weighted by atomic mass is 32.2. The Labute approximate surface area is 135 Å². The van der Waals surface area contributed by atoms with Gasteiger partial charge in [0.1, 0.15) is 5.82 Å². The Morgan fingerprint density at radius 2 is 1.48 bits per heavy atom. The Morgan fingerprint density at radius 3 is 2.00 bits per heavy atom. The number of hydrogen-bond donors (Lipinski definition) is 0. The number of ether oxygens (including phenoxy) is 1. The minimum absolute atomic E-state index is 0.230. The van der Waals surface area contributed by atoms with Gasteiger partial charge in [0.2, 0.25) is 10.0 Å². The van der Waals surface area contributed by atoms with E-state index in [0.29, 0.717) is 0 Å². The predicted molar refractivity (Wildman–Crippen MR) is 85.8 cm³/mol. The number of rotatable bonds is 3. The molecule has 0 aliphatic carbocycles. The molecule has 0 radical (unpaired) electrons. The van der Waals surface area contributed by atoms with E-state index in [1.165, 1.54) is 22.7 Å². The van der Waals surface area contributed by atoms with Crippen LogP contribution < -0.4 is 0 Å². The van der Waals surface area contributed by atoms with Gasteiger partial charge in [-0.25, -0.2) is 12.8 Å². The van der Waals surface area contributed by atoms with Crippen LogP contribution >= 0.6 is 0 Å². The molecule has 0 N–H and O–H groups in total. The van der Waals surface area contributed by atoms with Gasteiger partial charge in [0.15, 0.2) is 0 Å². The largest absolute Gasteiger partial charge is 0.363 e. The highest BCUT2D eigenvalue weighted by Crippen LogP contribution is 2.33. The van der Waals surface area contributed by atoms with Crippen molar-refractivity contribution in [3.63, 3.8) is 0 Å². The van der Waals surface area contributed by atoms with E-state index in [9.17, 15) is 12.8 Å². The van der Waals surface area contributed by atoms with Crippen LogP contribution in [0.15, 0.2) is 54.6 Å². The molecule has 0 bridgehead atoms. The highest BCUT2D eigenvalue weighted by Gasteiger charge is 2.34. The molecule has 1 aliphatic rings. The van der Waals surface area contributed by atoms with Gasteiger partial charge in [-0.05, 0) is 23.3 Å². The van der Waals surface area contributed by atoms with Crippen molar-refractivity contribution in [3.05, 3.63) is 71.5 Å². The average molecular weight is 335 g/mol. The first-order valence-corrected chi connectivity index (χ1v) is 9.19. The third kappa shape index (κ3) is 3.77. The van der Waals surface area contributed by atoms with Crippen LogP contribution in [0.3, 0.4) is 0 Å². The Morgan fingerprint density at radius 1 is 0.957 bits per heavy atom. The van der Waals surface area contributed by atoms with Crippen molar-refractivity contribution >= 4 is 10.0 Å². The number of nitrogens with zero attached hydrogens (tertiary/aromatic N) is 1. The molecule has 1 fully saturated rings. The number of hydrogen-bond acceptors (Lipinski definition) is 3. The number of morpholine rings is 1. The molecular formula is C17H18FNO3S. The lowest BCUT2D eigenvalue weighted by Gasteiger charge is -2.37. The van der Waals surface area contributed by atoms with Gasteiger partial charge in [-0.3, -0.25) is 0 Å². The molecular weight excluding hydrogens is 317 g/mol. The van der Waals surface area contributed by atoms with E-state index in [2.05, 4.69) is 0 Å². The zero-order chi connectivity index (χ0) is 16.4. The van der Waals surface area contributed by atoms with Crippen molar-refractivity contribution in [2.75, 3.05) is 19.3 Å². The van der Waals surface area contributed by atoms with E-state index in [1.807, 2.05) is 30.3 Å². The summed E-state index contributed by atoms with van der Waals surface area (Å²) in [6.07, 6.45) is 0.418. The van der Waals surface area contributed by atoms with Gasteiger partial charge in [0.05, 0.1) is 18.5 Å². The van der Waals surface area contributed by atoms with Crippen molar-refractivity contribution in [1.29, 1.82) is 0 Å². The minimum atomic E-state index is -3.34. The number of benzene rings is 2. The second-order valence-electron chi connectivity index (χ2n) is 5.66. The van der Waals surface area contributed by atoms with Crippen LogP contribution in [0.2, 0.25) is 0 Å². The van der Waals surface area contributed by atoms with Gasteiger partial charge in [-0.2, -0.15) is 4.31 Å². The third-order valence-electron chi connectivity index (χ3n) is 3.95. The molecule has 0 amide bonds. The molecule has 3 rings (SSSR count). The lowest BCUT2D eigenvalue weighted by atomic mass is 10.0. The van der Waals surface area contributed by atoms with E-state index in [1.54, 1.807) is 12.1 Å². The zero-order valence-corrected chi connectivity index (χ0v) is 13.5. The lowest BCUT2D eigenvalue weighted by molar-refractivity contribution is -0.0670. The normalized spacial score (nSPS) is 22.9. The molecule has 122 valence electrons. The summed E-state index contributed by atoms with van der Waals surface area (Å²) >= 11 is 0. The lowest BCUT2D eigenvalue weighted by Crippen LogP contribution is -2.43. The van der Waals surface area contributed by atoms with E-state index < -0.39 is 16.1 Å². The molecule has 1 heterocycles. The average Bonchev–Trinajstić information content (AvgIpc) is 2.55. The first-order chi connectivity index (χ1) is 10.9. The SMILES string of the molecule is CS(=O)(=O)N1C[C@@H](c2ccc(F)cc2)O[C@@H](c2ccccc2)C1. The fourth-order valence-corrected chi connectivity index (χ4v) is 3.53. The molecule has 23 heavy (non-hydrogen) atoms. The van der Waals surface area contributed by atoms with Gasteiger partial charge in [-0.15, -0.1) is 0 Å². The van der Waals surface area contributed by atoms with Crippen LogP contribution in [-0.4, -0.2) is 32.1 Å². The molecule has 0 unspecified atom stereocenters. The Hall–Kier alpha value is -1.76. The fraction of sp³-hybridized carbons (Fsp3) is 0.294. The van der Waals surface area contributed by atoms with Crippen molar-refractivity contribution in [1.82, 2.24) is 4.31 Å². The fourth-order valence-electron chi connectivity index (χ4n) is 2.71. The van der Waals surface area contributed by atoms with Gasteiger partial charge in [0, 0.05) is 13.1 Å². The Bertz CT molecular complexity index is 762. The van der Waals surface area contributed by atoms with Crippen molar-refractivity contribution in [2.45, 2.75) is 12.2 Å². The molecule has 1 saturated heterocycles. The molecule has 0 saturated carbocycles. The smallest absolute Gasteiger partial charge is 0.211 e. The highest BCUT2D eigenvalue weighted by molar-refractivity contribution is 7.88. The summed E-state index contributed by atoms with van der Waals surface area (Å²) in [7, 11) is -3.34. The zero-order valence-electron chi connectivity index (χ0n) is 12.7. The van der Waals surface area contributed by atoms with Gasteiger partial charge < -0.3 is 4.74 Å². The van der Waals surface area contributed by atoms with Crippen molar-refractivity contribution in [2.24, 2.45) is 0 Å². The molecule has 2 aromatic rings. The Kier molecular flexibility index (Phi) is 4.48. The second-order valence-corrected chi connectivity index (χ2v) is 7.64.